The molecule has 0 spiro atoms. The first-order valence-electron chi connectivity index (χ1n) is 7.80. The van der Waals surface area contributed by atoms with Crippen LogP contribution in [0.15, 0.2) is 0 Å². The molecule has 0 radical (unpaired) electrons. The van der Waals surface area contributed by atoms with Gasteiger partial charge in [-0.25, -0.2) is 0 Å². The van der Waals surface area contributed by atoms with E-state index in [2.05, 4.69) is 17.6 Å². The van der Waals surface area contributed by atoms with E-state index in [0.29, 0.717) is 25.0 Å². The number of aliphatic hydroxyl groups is 1. The van der Waals surface area contributed by atoms with Crippen LogP contribution < -0.4 is 10.6 Å². The summed E-state index contributed by atoms with van der Waals surface area (Å²) in [4.78, 5) is 11.8. The van der Waals surface area contributed by atoms with Crippen molar-refractivity contribution in [3.05, 3.63) is 0 Å². The predicted octanol–water partition coefficient (Wildman–Crippen LogP) is 1.58. The van der Waals surface area contributed by atoms with Gasteiger partial charge in [0.2, 0.25) is 5.91 Å². The first-order chi connectivity index (χ1) is 9.07. The molecule has 0 aromatic rings. The summed E-state index contributed by atoms with van der Waals surface area (Å²) in [6.07, 6.45) is 8.81. The maximum Gasteiger partial charge on any atom is 0.234 e. The van der Waals surface area contributed by atoms with Gasteiger partial charge in [0.15, 0.2) is 0 Å². The maximum atomic E-state index is 11.8. The van der Waals surface area contributed by atoms with Gasteiger partial charge in [0, 0.05) is 12.6 Å². The van der Waals surface area contributed by atoms with Crippen LogP contribution in [0.1, 0.15) is 58.3 Å². The molecule has 1 amide bonds. The van der Waals surface area contributed by atoms with Crippen LogP contribution in [0.5, 0.6) is 0 Å². The minimum atomic E-state index is -0.680. The molecule has 0 aromatic heterocycles. The van der Waals surface area contributed by atoms with E-state index in [-0.39, 0.29) is 5.91 Å². The molecule has 2 rings (SSSR count). The highest BCUT2D eigenvalue weighted by Gasteiger charge is 2.32. The highest BCUT2D eigenvalue weighted by atomic mass is 16.3. The van der Waals surface area contributed by atoms with E-state index in [9.17, 15) is 9.90 Å². The zero-order valence-electron chi connectivity index (χ0n) is 12.1. The van der Waals surface area contributed by atoms with Gasteiger partial charge in [-0.1, -0.05) is 32.6 Å². The molecule has 4 nitrogen and oxygen atoms in total. The van der Waals surface area contributed by atoms with Gasteiger partial charge in [0.25, 0.3) is 0 Å². The van der Waals surface area contributed by atoms with Crippen LogP contribution >= 0.6 is 0 Å². The summed E-state index contributed by atoms with van der Waals surface area (Å²) in [7, 11) is 0. The smallest absolute Gasteiger partial charge is 0.234 e. The second-order valence-corrected chi connectivity index (χ2v) is 6.56. The summed E-state index contributed by atoms with van der Waals surface area (Å²) in [5, 5.41) is 16.6. The second-order valence-electron chi connectivity index (χ2n) is 6.56. The molecule has 2 atom stereocenters. The van der Waals surface area contributed by atoms with Gasteiger partial charge in [0.05, 0.1) is 12.1 Å². The number of amides is 1. The lowest BCUT2D eigenvalue weighted by Gasteiger charge is -2.35. The zero-order chi connectivity index (χ0) is 13.7. The molecule has 110 valence electrons. The maximum absolute atomic E-state index is 11.8. The van der Waals surface area contributed by atoms with Gasteiger partial charge < -0.3 is 15.7 Å². The van der Waals surface area contributed by atoms with Crippen molar-refractivity contribution in [1.82, 2.24) is 10.6 Å². The fourth-order valence-corrected chi connectivity index (χ4v) is 3.49. The lowest BCUT2D eigenvalue weighted by atomic mass is 9.79. The Labute approximate surface area is 116 Å². The van der Waals surface area contributed by atoms with E-state index in [4.69, 9.17) is 0 Å². The molecule has 0 aliphatic heterocycles. The molecule has 2 unspecified atom stereocenters. The molecule has 0 heterocycles. The molecule has 2 aliphatic carbocycles. The normalized spacial score (nSPS) is 32.4. The van der Waals surface area contributed by atoms with Crippen LogP contribution in [0, 0.1) is 5.92 Å². The van der Waals surface area contributed by atoms with Crippen molar-refractivity contribution in [2.45, 2.75) is 69.9 Å². The summed E-state index contributed by atoms with van der Waals surface area (Å²) < 4.78 is 0. The molecular formula is C15H28N2O2. The van der Waals surface area contributed by atoms with Crippen molar-refractivity contribution in [3.63, 3.8) is 0 Å². The molecule has 4 heteroatoms. The lowest BCUT2D eigenvalue weighted by Crippen LogP contribution is -2.48. The summed E-state index contributed by atoms with van der Waals surface area (Å²) in [5.41, 5.74) is -0.680. The number of rotatable bonds is 5. The first kappa shape index (κ1) is 14.8. The summed E-state index contributed by atoms with van der Waals surface area (Å²) in [6.45, 7) is 2.96. The van der Waals surface area contributed by atoms with Gasteiger partial charge in [-0.15, -0.1) is 0 Å². The fraction of sp³-hybridized carbons (Fsp3) is 0.933. The minimum Gasteiger partial charge on any atom is -0.388 e. The Morgan fingerprint density at radius 2 is 2.00 bits per heavy atom. The molecule has 19 heavy (non-hydrogen) atoms. The second kappa shape index (κ2) is 6.71. The Kier molecular flexibility index (Phi) is 5.22. The zero-order valence-corrected chi connectivity index (χ0v) is 12.1. The van der Waals surface area contributed by atoms with Crippen molar-refractivity contribution in [1.29, 1.82) is 0 Å². The molecule has 2 fully saturated rings. The molecule has 2 aliphatic rings. The van der Waals surface area contributed by atoms with Crippen LogP contribution in [0.4, 0.5) is 0 Å². The monoisotopic (exact) mass is 268 g/mol. The first-order valence-corrected chi connectivity index (χ1v) is 7.80. The van der Waals surface area contributed by atoms with Crippen molar-refractivity contribution < 1.29 is 9.90 Å². The van der Waals surface area contributed by atoms with E-state index in [1.807, 2.05) is 0 Å². The average Bonchev–Trinajstić information content (AvgIpc) is 2.87. The fourth-order valence-electron chi connectivity index (χ4n) is 3.49. The van der Waals surface area contributed by atoms with Crippen LogP contribution in [0.3, 0.4) is 0 Å². The quantitative estimate of drug-likeness (QED) is 0.709. The third-order valence-corrected chi connectivity index (χ3v) is 4.59. The standard InChI is InChI=1S/C15H28N2O2/c1-12-5-4-8-15(19,9-12)11-17-14(18)10-16-13-6-2-3-7-13/h12-13,16,19H,2-11H2,1H3,(H,17,18). The molecule has 0 bridgehead atoms. The van der Waals surface area contributed by atoms with Crippen molar-refractivity contribution >= 4 is 5.91 Å². The summed E-state index contributed by atoms with van der Waals surface area (Å²) in [5.74, 6) is 0.575. The van der Waals surface area contributed by atoms with Gasteiger partial charge in [0.1, 0.15) is 0 Å². The van der Waals surface area contributed by atoms with E-state index >= 15 is 0 Å². The third-order valence-electron chi connectivity index (χ3n) is 4.59. The number of carbonyl (C=O) groups excluding carboxylic acids is 1. The average molecular weight is 268 g/mol. The minimum absolute atomic E-state index is 0.0125. The Balaban J connectivity index is 1.64. The molecule has 2 saturated carbocycles. The van der Waals surface area contributed by atoms with Crippen LogP contribution in [-0.2, 0) is 4.79 Å². The lowest BCUT2D eigenvalue weighted by molar-refractivity contribution is -0.122. The van der Waals surface area contributed by atoms with Crippen molar-refractivity contribution in [2.75, 3.05) is 13.1 Å². The highest BCUT2D eigenvalue weighted by Crippen LogP contribution is 2.31. The van der Waals surface area contributed by atoms with Crippen LogP contribution in [0.25, 0.3) is 0 Å². The van der Waals surface area contributed by atoms with E-state index in [1.165, 1.54) is 32.1 Å². The van der Waals surface area contributed by atoms with E-state index in [0.717, 1.165) is 19.3 Å². The van der Waals surface area contributed by atoms with Gasteiger partial charge in [-0.2, -0.15) is 0 Å². The predicted molar refractivity (Wildman–Crippen MR) is 75.9 cm³/mol. The van der Waals surface area contributed by atoms with Gasteiger partial charge >= 0.3 is 0 Å². The number of nitrogens with one attached hydrogen (secondary N) is 2. The molecule has 3 N–H and O–H groups in total. The topological polar surface area (TPSA) is 61.4 Å². The van der Waals surface area contributed by atoms with Crippen LogP contribution in [0.2, 0.25) is 0 Å². The number of hydrogen-bond donors (Lipinski definition) is 3. The van der Waals surface area contributed by atoms with Crippen molar-refractivity contribution in [2.24, 2.45) is 5.92 Å². The third kappa shape index (κ3) is 4.77. The van der Waals surface area contributed by atoms with Gasteiger partial charge in [-0.05, 0) is 31.6 Å². The van der Waals surface area contributed by atoms with E-state index in [1.54, 1.807) is 0 Å². The largest absolute Gasteiger partial charge is 0.388 e. The SMILES string of the molecule is CC1CCCC(O)(CNC(=O)CNC2CCCC2)C1. The molecule has 0 aromatic carbocycles. The number of carbonyl (C=O) groups is 1. The number of hydrogen-bond acceptors (Lipinski definition) is 3. The van der Waals surface area contributed by atoms with Gasteiger partial charge in [-0.3, -0.25) is 4.79 Å². The Morgan fingerprint density at radius 3 is 2.68 bits per heavy atom. The Hall–Kier alpha value is -0.610. The Morgan fingerprint density at radius 1 is 1.26 bits per heavy atom. The Bertz CT molecular complexity index is 303. The molecular weight excluding hydrogens is 240 g/mol. The van der Waals surface area contributed by atoms with Crippen LogP contribution in [-0.4, -0.2) is 35.7 Å². The van der Waals surface area contributed by atoms with E-state index < -0.39 is 5.60 Å². The summed E-state index contributed by atoms with van der Waals surface area (Å²) >= 11 is 0. The summed E-state index contributed by atoms with van der Waals surface area (Å²) in [6, 6.07) is 0.517. The van der Waals surface area contributed by atoms with Crippen molar-refractivity contribution in [3.8, 4) is 0 Å². The highest BCUT2D eigenvalue weighted by molar-refractivity contribution is 5.78. The molecule has 0 saturated heterocycles.